The van der Waals surface area contributed by atoms with Crippen molar-refractivity contribution in [3.63, 3.8) is 0 Å². The lowest BCUT2D eigenvalue weighted by atomic mass is 10.4. The molecule has 2 nitrogen and oxygen atoms in total. The van der Waals surface area contributed by atoms with Gasteiger partial charge in [-0.05, 0) is 6.92 Å². The number of aliphatic imine (C=N–C) groups is 1. The van der Waals surface area contributed by atoms with Crippen LogP contribution in [0.5, 0.6) is 0 Å². The maximum Gasteiger partial charge on any atom is 0.0852 e. The van der Waals surface area contributed by atoms with Gasteiger partial charge >= 0.3 is 0 Å². The highest BCUT2D eigenvalue weighted by Gasteiger charge is 2.05. The Morgan fingerprint density at radius 3 is 2.22 bits per heavy atom. The second-order valence-corrected chi connectivity index (χ2v) is 2.05. The van der Waals surface area contributed by atoms with Crippen LogP contribution in [0.25, 0.3) is 0 Å². The van der Waals surface area contributed by atoms with E-state index >= 15 is 0 Å². The molecule has 1 rings (SSSR count). The van der Waals surface area contributed by atoms with Crippen LogP contribution in [0.3, 0.4) is 0 Å². The molecule has 2 heteroatoms. The highest BCUT2D eigenvalue weighted by molar-refractivity contribution is 5.57. The predicted octanol–water partition coefficient (Wildman–Crippen LogP) is 1.37. The first-order valence-corrected chi connectivity index (χ1v) is 3.52. The average Bonchev–Trinajstić information content (AvgIpc) is 2.20. The summed E-state index contributed by atoms with van der Waals surface area (Å²) in [6.45, 7) is 7.19. The van der Waals surface area contributed by atoms with E-state index in [2.05, 4.69) is 16.8 Å². The third-order valence-electron chi connectivity index (χ3n) is 1.07. The van der Waals surface area contributed by atoms with Gasteiger partial charge in [0.2, 0.25) is 0 Å². The van der Waals surface area contributed by atoms with E-state index in [1.165, 1.54) is 0 Å². The molecule has 1 unspecified atom stereocenters. The van der Waals surface area contributed by atoms with Gasteiger partial charge in [0.05, 0.1) is 12.4 Å². The molecule has 0 aromatic carbocycles. The van der Waals surface area contributed by atoms with Crippen molar-refractivity contribution >= 4 is 6.34 Å². The Hall–Kier alpha value is -0.530. The summed E-state index contributed by atoms with van der Waals surface area (Å²) in [4.78, 5) is 6.21. The summed E-state index contributed by atoms with van der Waals surface area (Å²) in [5.41, 5.74) is 0. The summed E-state index contributed by atoms with van der Waals surface area (Å²) in [6.07, 6.45) is 1.88. The fourth-order valence-electron chi connectivity index (χ4n) is 0.739. The monoisotopic (exact) mass is 128 g/mol. The molecule has 1 atom stereocenters. The van der Waals surface area contributed by atoms with Crippen LogP contribution in [-0.4, -0.2) is 30.9 Å². The highest BCUT2D eigenvalue weighted by Crippen LogP contribution is 1.97. The quantitative estimate of drug-likeness (QED) is 0.481. The largest absolute Gasteiger partial charge is 0.364 e. The Bertz CT molecular complexity index is 78.9. The van der Waals surface area contributed by atoms with Crippen molar-refractivity contribution in [3.05, 3.63) is 0 Å². The molecule has 0 bridgehead atoms. The van der Waals surface area contributed by atoms with Crippen LogP contribution >= 0.6 is 0 Å². The third kappa shape index (κ3) is 3.12. The van der Waals surface area contributed by atoms with Crippen molar-refractivity contribution in [1.29, 1.82) is 0 Å². The molecule has 0 saturated heterocycles. The summed E-state index contributed by atoms with van der Waals surface area (Å²) in [5.74, 6) is 0. The Labute approximate surface area is 57.6 Å². The molecule has 54 valence electrons. The predicted molar refractivity (Wildman–Crippen MR) is 41.9 cm³/mol. The number of likely N-dealkylation sites (N-methyl/N-ethyl adjacent to an activating group) is 1. The molecule has 0 N–H and O–H groups in total. The van der Waals surface area contributed by atoms with Gasteiger partial charge in [0.25, 0.3) is 0 Å². The Balaban J connectivity index is 0.000000291. The van der Waals surface area contributed by atoms with E-state index in [0.717, 1.165) is 6.54 Å². The molecular weight excluding hydrogens is 112 g/mol. The molecule has 0 aliphatic carbocycles. The van der Waals surface area contributed by atoms with Gasteiger partial charge < -0.3 is 4.90 Å². The summed E-state index contributed by atoms with van der Waals surface area (Å²) < 4.78 is 0. The van der Waals surface area contributed by atoms with Crippen LogP contribution in [0.1, 0.15) is 20.8 Å². The van der Waals surface area contributed by atoms with Gasteiger partial charge in [-0.15, -0.1) is 0 Å². The molecule has 0 aromatic heterocycles. The van der Waals surface area contributed by atoms with Crippen LogP contribution in [0.15, 0.2) is 4.99 Å². The van der Waals surface area contributed by atoms with Gasteiger partial charge in [0.1, 0.15) is 0 Å². The maximum absolute atomic E-state index is 4.12. The van der Waals surface area contributed by atoms with Gasteiger partial charge in [0.15, 0.2) is 0 Å². The van der Waals surface area contributed by atoms with Crippen molar-refractivity contribution < 1.29 is 0 Å². The van der Waals surface area contributed by atoms with Crippen LogP contribution in [0.2, 0.25) is 0 Å². The van der Waals surface area contributed by atoms with E-state index in [9.17, 15) is 0 Å². The lowest BCUT2D eigenvalue weighted by Gasteiger charge is -2.03. The number of hydrogen-bond donors (Lipinski definition) is 0. The minimum absolute atomic E-state index is 0.519. The molecular formula is C7H16N2. The van der Waals surface area contributed by atoms with Crippen molar-refractivity contribution in [3.8, 4) is 0 Å². The van der Waals surface area contributed by atoms with Crippen molar-refractivity contribution in [2.75, 3.05) is 13.6 Å². The molecule has 0 radical (unpaired) electrons. The van der Waals surface area contributed by atoms with Crippen molar-refractivity contribution in [1.82, 2.24) is 4.90 Å². The zero-order chi connectivity index (χ0) is 7.28. The molecule has 0 saturated carbocycles. The topological polar surface area (TPSA) is 15.6 Å². The standard InChI is InChI=1S/C5H10N2.C2H6/c1-5-3-7(2)4-6-5;1-2/h4-5H,3H2,1-2H3;1-2H3. The minimum Gasteiger partial charge on any atom is -0.364 e. The summed E-state index contributed by atoms with van der Waals surface area (Å²) in [6, 6.07) is 0.519. The second-order valence-electron chi connectivity index (χ2n) is 2.05. The zero-order valence-electron chi connectivity index (χ0n) is 6.76. The second kappa shape index (κ2) is 4.36. The zero-order valence-corrected chi connectivity index (χ0v) is 6.76. The Kier molecular flexibility index (Phi) is 4.10. The maximum atomic E-state index is 4.12. The molecule has 0 amide bonds. The number of nitrogens with zero attached hydrogens (tertiary/aromatic N) is 2. The van der Waals surface area contributed by atoms with E-state index in [0.29, 0.717) is 6.04 Å². The SMILES string of the molecule is CC.CC1CN(C)C=N1. The number of rotatable bonds is 0. The van der Waals surface area contributed by atoms with E-state index < -0.39 is 0 Å². The summed E-state index contributed by atoms with van der Waals surface area (Å²) in [5, 5.41) is 0. The summed E-state index contributed by atoms with van der Waals surface area (Å²) in [7, 11) is 2.03. The van der Waals surface area contributed by atoms with Gasteiger partial charge in [-0.1, -0.05) is 13.8 Å². The van der Waals surface area contributed by atoms with E-state index in [1.54, 1.807) is 0 Å². The smallest absolute Gasteiger partial charge is 0.0852 e. The normalized spacial score (nSPS) is 23.6. The van der Waals surface area contributed by atoms with Crippen LogP contribution in [0, 0.1) is 0 Å². The lowest BCUT2D eigenvalue weighted by molar-refractivity contribution is 0.522. The lowest BCUT2D eigenvalue weighted by Crippen LogP contribution is -2.15. The molecule has 9 heavy (non-hydrogen) atoms. The van der Waals surface area contributed by atoms with E-state index in [-0.39, 0.29) is 0 Å². The summed E-state index contributed by atoms with van der Waals surface area (Å²) >= 11 is 0. The molecule has 0 spiro atoms. The van der Waals surface area contributed by atoms with Crippen molar-refractivity contribution in [2.24, 2.45) is 4.99 Å². The van der Waals surface area contributed by atoms with E-state index in [1.807, 2.05) is 27.2 Å². The Morgan fingerprint density at radius 1 is 1.56 bits per heavy atom. The molecule has 1 heterocycles. The van der Waals surface area contributed by atoms with E-state index in [4.69, 9.17) is 0 Å². The number of hydrogen-bond acceptors (Lipinski definition) is 2. The first-order valence-electron chi connectivity index (χ1n) is 3.52. The van der Waals surface area contributed by atoms with Gasteiger partial charge in [-0.2, -0.15) is 0 Å². The van der Waals surface area contributed by atoms with Gasteiger partial charge in [0, 0.05) is 13.6 Å². The highest BCUT2D eigenvalue weighted by atomic mass is 15.2. The molecule has 0 aromatic rings. The average molecular weight is 128 g/mol. The van der Waals surface area contributed by atoms with Crippen LogP contribution in [0.4, 0.5) is 0 Å². The van der Waals surface area contributed by atoms with Gasteiger partial charge in [-0.3, -0.25) is 4.99 Å². The van der Waals surface area contributed by atoms with Gasteiger partial charge in [-0.25, -0.2) is 0 Å². The fraction of sp³-hybridized carbons (Fsp3) is 0.857. The van der Waals surface area contributed by atoms with Crippen LogP contribution in [-0.2, 0) is 0 Å². The van der Waals surface area contributed by atoms with Crippen LogP contribution < -0.4 is 0 Å². The minimum atomic E-state index is 0.519. The first-order chi connectivity index (χ1) is 4.29. The molecule has 1 aliphatic rings. The molecule has 1 aliphatic heterocycles. The van der Waals surface area contributed by atoms with Crippen molar-refractivity contribution in [2.45, 2.75) is 26.8 Å². The fourth-order valence-corrected chi connectivity index (χ4v) is 0.739. The third-order valence-corrected chi connectivity index (χ3v) is 1.07. The first kappa shape index (κ1) is 8.47. The molecule has 0 fully saturated rings. The Morgan fingerprint density at radius 2 is 2.11 bits per heavy atom.